The number of hydrogen-bond donors (Lipinski definition) is 1. The average molecular weight is 368 g/mol. The fraction of sp³-hybridized carbons (Fsp3) is 0.368. The molecule has 3 aromatic rings. The first-order chi connectivity index (χ1) is 13.0. The summed E-state index contributed by atoms with van der Waals surface area (Å²) >= 11 is 0. The Bertz CT molecular complexity index is 930. The van der Waals surface area contributed by atoms with E-state index >= 15 is 0 Å². The lowest BCUT2D eigenvalue weighted by Gasteiger charge is -2.14. The van der Waals surface area contributed by atoms with E-state index in [1.807, 2.05) is 29.8 Å². The Hall–Kier alpha value is -3.16. The highest BCUT2D eigenvalue weighted by Crippen LogP contribution is 2.26. The summed E-state index contributed by atoms with van der Waals surface area (Å²) in [5.74, 6) is 1.20. The van der Waals surface area contributed by atoms with Gasteiger partial charge in [-0.2, -0.15) is 10.2 Å². The van der Waals surface area contributed by atoms with Crippen molar-refractivity contribution in [3.05, 3.63) is 42.5 Å². The largest absolute Gasteiger partial charge is 0.494 e. The van der Waals surface area contributed by atoms with Gasteiger partial charge in [0.25, 0.3) is 0 Å². The minimum absolute atomic E-state index is 0.0971. The van der Waals surface area contributed by atoms with Crippen LogP contribution in [0.25, 0.3) is 11.3 Å². The molecule has 27 heavy (non-hydrogen) atoms. The summed E-state index contributed by atoms with van der Waals surface area (Å²) in [6.45, 7) is 6.17. The Morgan fingerprint density at radius 3 is 2.96 bits per heavy atom. The lowest BCUT2D eigenvalue weighted by molar-refractivity contribution is -0.117. The minimum atomic E-state index is -0.165. The molecule has 1 amide bonds. The number of rotatable bonds is 7. The molecule has 8 nitrogen and oxygen atoms in total. The number of pyridine rings is 1. The maximum absolute atomic E-state index is 12.5. The standard InChI is InChI=1S/C19H24N6O2/c1-5-14(3)25-17(9-13(2)23-25)22-18(26)12-24-11-15(10-21-24)19-16(27-4)7-6-8-20-19/h6-11,14H,5,12H2,1-4H3,(H,22,26)/t14-/m0/s1. The van der Waals surface area contributed by atoms with Crippen molar-refractivity contribution < 1.29 is 9.53 Å². The molecule has 0 fully saturated rings. The average Bonchev–Trinajstić information content (AvgIpc) is 3.27. The Morgan fingerprint density at radius 2 is 2.22 bits per heavy atom. The lowest BCUT2D eigenvalue weighted by atomic mass is 10.2. The summed E-state index contributed by atoms with van der Waals surface area (Å²) in [4.78, 5) is 16.8. The summed E-state index contributed by atoms with van der Waals surface area (Å²) in [5, 5.41) is 11.7. The number of carbonyl (C=O) groups excluding carboxylic acids is 1. The van der Waals surface area contributed by atoms with E-state index in [4.69, 9.17) is 4.74 Å². The summed E-state index contributed by atoms with van der Waals surface area (Å²) in [6.07, 6.45) is 6.08. The van der Waals surface area contributed by atoms with Crippen molar-refractivity contribution in [3.63, 3.8) is 0 Å². The number of methoxy groups -OCH3 is 1. The molecule has 0 spiro atoms. The number of carbonyl (C=O) groups is 1. The van der Waals surface area contributed by atoms with Gasteiger partial charge in [0, 0.05) is 24.0 Å². The molecular weight excluding hydrogens is 344 g/mol. The summed E-state index contributed by atoms with van der Waals surface area (Å²) in [5.41, 5.74) is 2.35. The second kappa shape index (κ2) is 8.03. The van der Waals surface area contributed by atoms with Crippen molar-refractivity contribution in [2.24, 2.45) is 0 Å². The Kier molecular flexibility index (Phi) is 5.54. The molecule has 0 aromatic carbocycles. The fourth-order valence-corrected chi connectivity index (χ4v) is 2.79. The van der Waals surface area contributed by atoms with E-state index in [-0.39, 0.29) is 18.5 Å². The number of aromatic nitrogens is 5. The molecular formula is C19H24N6O2. The van der Waals surface area contributed by atoms with Gasteiger partial charge in [-0.05, 0) is 32.4 Å². The van der Waals surface area contributed by atoms with E-state index in [0.29, 0.717) is 17.3 Å². The van der Waals surface area contributed by atoms with E-state index in [2.05, 4.69) is 34.3 Å². The quantitative estimate of drug-likeness (QED) is 0.692. The van der Waals surface area contributed by atoms with Gasteiger partial charge in [0.1, 0.15) is 23.8 Å². The molecule has 0 saturated carbocycles. The monoisotopic (exact) mass is 368 g/mol. The summed E-state index contributed by atoms with van der Waals surface area (Å²) in [7, 11) is 1.60. The first kappa shape index (κ1) is 18.6. The van der Waals surface area contributed by atoms with Crippen LogP contribution >= 0.6 is 0 Å². The molecule has 3 heterocycles. The Labute approximate surface area is 158 Å². The van der Waals surface area contributed by atoms with Crippen LogP contribution in [0.15, 0.2) is 36.8 Å². The highest BCUT2D eigenvalue weighted by Gasteiger charge is 2.15. The molecule has 1 N–H and O–H groups in total. The summed E-state index contributed by atoms with van der Waals surface area (Å²) in [6, 6.07) is 5.73. The van der Waals surface area contributed by atoms with Gasteiger partial charge < -0.3 is 10.1 Å². The number of ether oxygens (including phenoxy) is 1. The van der Waals surface area contributed by atoms with Crippen molar-refractivity contribution in [1.29, 1.82) is 0 Å². The zero-order valence-electron chi connectivity index (χ0n) is 16.0. The van der Waals surface area contributed by atoms with Crippen LogP contribution < -0.4 is 10.1 Å². The molecule has 0 aliphatic heterocycles. The highest BCUT2D eigenvalue weighted by molar-refractivity contribution is 5.89. The fourth-order valence-electron chi connectivity index (χ4n) is 2.79. The second-order valence-electron chi connectivity index (χ2n) is 6.40. The SMILES string of the molecule is CC[C@H](C)n1nc(C)cc1NC(=O)Cn1cc(-c2ncccc2OC)cn1. The van der Waals surface area contributed by atoms with E-state index in [9.17, 15) is 4.79 Å². The Balaban J connectivity index is 1.72. The van der Waals surface area contributed by atoms with Gasteiger partial charge in [-0.3, -0.25) is 14.5 Å². The number of anilines is 1. The van der Waals surface area contributed by atoms with Crippen LogP contribution in [0, 0.1) is 6.92 Å². The van der Waals surface area contributed by atoms with Crippen molar-refractivity contribution in [2.75, 3.05) is 12.4 Å². The van der Waals surface area contributed by atoms with E-state index in [0.717, 1.165) is 17.7 Å². The van der Waals surface area contributed by atoms with Crippen molar-refractivity contribution in [2.45, 2.75) is 39.8 Å². The van der Waals surface area contributed by atoms with E-state index in [1.54, 1.807) is 30.4 Å². The molecule has 0 aliphatic rings. The number of amides is 1. The third-order valence-corrected chi connectivity index (χ3v) is 4.34. The molecule has 0 radical (unpaired) electrons. The lowest BCUT2D eigenvalue weighted by Crippen LogP contribution is -2.22. The maximum Gasteiger partial charge on any atom is 0.247 e. The predicted molar refractivity (Wildman–Crippen MR) is 103 cm³/mol. The van der Waals surface area contributed by atoms with Crippen molar-refractivity contribution in [3.8, 4) is 17.0 Å². The second-order valence-corrected chi connectivity index (χ2v) is 6.40. The van der Waals surface area contributed by atoms with E-state index < -0.39 is 0 Å². The van der Waals surface area contributed by atoms with Crippen LogP contribution in [-0.4, -0.2) is 37.6 Å². The predicted octanol–water partition coefficient (Wildman–Crippen LogP) is 3.07. The van der Waals surface area contributed by atoms with Crippen LogP contribution in [0.4, 0.5) is 5.82 Å². The molecule has 3 rings (SSSR count). The van der Waals surface area contributed by atoms with Crippen LogP contribution in [0.5, 0.6) is 5.75 Å². The van der Waals surface area contributed by atoms with Gasteiger partial charge in [0.05, 0.1) is 25.0 Å². The molecule has 3 aromatic heterocycles. The highest BCUT2D eigenvalue weighted by atomic mass is 16.5. The molecule has 0 aliphatic carbocycles. The van der Waals surface area contributed by atoms with E-state index in [1.165, 1.54) is 0 Å². The topological polar surface area (TPSA) is 86.9 Å². The molecule has 1 atom stereocenters. The molecule has 142 valence electrons. The maximum atomic E-state index is 12.5. The van der Waals surface area contributed by atoms with Gasteiger partial charge in [-0.25, -0.2) is 4.68 Å². The van der Waals surface area contributed by atoms with Gasteiger partial charge in [-0.15, -0.1) is 0 Å². The number of nitrogens with one attached hydrogen (secondary N) is 1. The normalized spacial score (nSPS) is 12.0. The summed E-state index contributed by atoms with van der Waals surface area (Å²) < 4.78 is 8.76. The van der Waals surface area contributed by atoms with Gasteiger partial charge in [0.15, 0.2) is 0 Å². The molecule has 0 bridgehead atoms. The van der Waals surface area contributed by atoms with Crippen LogP contribution in [0.1, 0.15) is 32.0 Å². The van der Waals surface area contributed by atoms with Crippen molar-refractivity contribution >= 4 is 11.7 Å². The minimum Gasteiger partial charge on any atom is -0.494 e. The van der Waals surface area contributed by atoms with Crippen molar-refractivity contribution in [1.82, 2.24) is 24.5 Å². The number of aryl methyl sites for hydroxylation is 1. The number of nitrogens with zero attached hydrogens (tertiary/aromatic N) is 5. The third kappa shape index (κ3) is 4.16. The zero-order valence-corrected chi connectivity index (χ0v) is 16.0. The molecule has 0 saturated heterocycles. The number of hydrogen-bond acceptors (Lipinski definition) is 5. The zero-order chi connectivity index (χ0) is 19.4. The Morgan fingerprint density at radius 1 is 1.41 bits per heavy atom. The first-order valence-electron chi connectivity index (χ1n) is 8.89. The van der Waals surface area contributed by atoms with Gasteiger partial charge in [-0.1, -0.05) is 6.92 Å². The molecule has 8 heteroatoms. The van der Waals surface area contributed by atoms with Gasteiger partial charge in [0.2, 0.25) is 5.91 Å². The van der Waals surface area contributed by atoms with Crippen LogP contribution in [-0.2, 0) is 11.3 Å². The third-order valence-electron chi connectivity index (χ3n) is 4.34. The molecule has 0 unspecified atom stereocenters. The first-order valence-corrected chi connectivity index (χ1v) is 8.89. The van der Waals surface area contributed by atoms with Crippen LogP contribution in [0.3, 0.4) is 0 Å². The smallest absolute Gasteiger partial charge is 0.247 e. The van der Waals surface area contributed by atoms with Crippen LogP contribution in [0.2, 0.25) is 0 Å². The van der Waals surface area contributed by atoms with Gasteiger partial charge >= 0.3 is 0 Å².